The van der Waals surface area contributed by atoms with E-state index in [9.17, 15) is 4.79 Å². The molecule has 4 rings (SSSR count). The van der Waals surface area contributed by atoms with E-state index in [2.05, 4.69) is 28.7 Å². The van der Waals surface area contributed by atoms with Gasteiger partial charge in [-0.05, 0) is 48.4 Å². The highest BCUT2D eigenvalue weighted by atomic mass is 35.5. The van der Waals surface area contributed by atoms with E-state index >= 15 is 0 Å². The Morgan fingerprint density at radius 2 is 2.31 bits per heavy atom. The zero-order chi connectivity index (χ0) is 18.3. The van der Waals surface area contributed by atoms with Crippen molar-refractivity contribution in [2.24, 2.45) is 0 Å². The molecule has 1 amide bonds. The minimum atomic E-state index is -0.0557. The SMILES string of the molecule is C=CC(=O)N1Cc2sc(Cl)cc2[C@@H](c2cc[nH]c2-c2cccnc2C)C1. The van der Waals surface area contributed by atoms with Gasteiger partial charge in [0.2, 0.25) is 5.91 Å². The van der Waals surface area contributed by atoms with Gasteiger partial charge in [-0.3, -0.25) is 9.78 Å². The lowest BCUT2D eigenvalue weighted by Gasteiger charge is -2.32. The van der Waals surface area contributed by atoms with Crippen LogP contribution >= 0.6 is 22.9 Å². The van der Waals surface area contributed by atoms with Crippen molar-refractivity contribution in [2.45, 2.75) is 19.4 Å². The fourth-order valence-corrected chi connectivity index (χ4v) is 4.96. The molecule has 6 heteroatoms. The quantitative estimate of drug-likeness (QED) is 0.663. The van der Waals surface area contributed by atoms with E-state index in [-0.39, 0.29) is 11.8 Å². The van der Waals surface area contributed by atoms with Crippen LogP contribution in [0, 0.1) is 6.92 Å². The molecule has 3 aromatic heterocycles. The Morgan fingerprint density at radius 3 is 3.08 bits per heavy atom. The molecule has 0 unspecified atom stereocenters. The Balaban J connectivity index is 1.83. The van der Waals surface area contributed by atoms with Crippen molar-refractivity contribution in [2.75, 3.05) is 6.54 Å². The number of H-pyrrole nitrogens is 1. The Kier molecular flexibility index (Phi) is 4.42. The minimum Gasteiger partial charge on any atom is -0.361 e. The molecule has 1 atom stereocenters. The number of hydrogen-bond donors (Lipinski definition) is 1. The van der Waals surface area contributed by atoms with Crippen molar-refractivity contribution >= 4 is 28.8 Å². The van der Waals surface area contributed by atoms with E-state index in [1.807, 2.05) is 30.2 Å². The van der Waals surface area contributed by atoms with Gasteiger partial charge in [-0.15, -0.1) is 11.3 Å². The van der Waals surface area contributed by atoms with E-state index in [0.29, 0.717) is 13.1 Å². The summed E-state index contributed by atoms with van der Waals surface area (Å²) < 4.78 is 0.752. The van der Waals surface area contributed by atoms with Crippen LogP contribution in [0.3, 0.4) is 0 Å². The van der Waals surface area contributed by atoms with E-state index in [1.54, 1.807) is 17.5 Å². The van der Waals surface area contributed by atoms with E-state index in [4.69, 9.17) is 11.6 Å². The molecule has 0 saturated heterocycles. The van der Waals surface area contributed by atoms with Crippen molar-refractivity contribution in [3.8, 4) is 11.3 Å². The number of halogens is 1. The predicted octanol–water partition coefficient (Wildman–Crippen LogP) is 4.76. The van der Waals surface area contributed by atoms with Crippen molar-refractivity contribution in [1.82, 2.24) is 14.9 Å². The molecular weight excluding hydrogens is 366 g/mol. The van der Waals surface area contributed by atoms with Gasteiger partial charge in [0, 0.05) is 41.0 Å². The van der Waals surface area contributed by atoms with Gasteiger partial charge in [-0.1, -0.05) is 18.2 Å². The van der Waals surface area contributed by atoms with Crippen LogP contribution in [0.2, 0.25) is 4.34 Å². The highest BCUT2D eigenvalue weighted by Crippen LogP contribution is 2.42. The molecule has 0 spiro atoms. The number of aromatic amines is 1. The predicted molar refractivity (Wildman–Crippen MR) is 106 cm³/mol. The lowest BCUT2D eigenvalue weighted by atomic mass is 9.87. The maximum atomic E-state index is 12.3. The molecule has 1 aliphatic rings. The van der Waals surface area contributed by atoms with Crippen LogP contribution in [0.4, 0.5) is 0 Å². The largest absolute Gasteiger partial charge is 0.361 e. The zero-order valence-electron chi connectivity index (χ0n) is 14.3. The Morgan fingerprint density at radius 1 is 1.46 bits per heavy atom. The molecule has 3 aromatic rings. The first-order valence-corrected chi connectivity index (χ1v) is 9.56. The van der Waals surface area contributed by atoms with E-state index < -0.39 is 0 Å². The number of hydrogen-bond acceptors (Lipinski definition) is 3. The number of nitrogens with zero attached hydrogens (tertiary/aromatic N) is 2. The molecule has 1 N–H and O–H groups in total. The maximum absolute atomic E-state index is 12.3. The van der Waals surface area contributed by atoms with E-state index in [1.165, 1.54) is 11.6 Å². The Hall–Kier alpha value is -2.37. The number of thiophene rings is 1. The Labute approximate surface area is 161 Å². The zero-order valence-corrected chi connectivity index (χ0v) is 15.9. The third-order valence-electron chi connectivity index (χ3n) is 4.84. The van der Waals surface area contributed by atoms with Crippen LogP contribution in [-0.4, -0.2) is 27.3 Å². The van der Waals surface area contributed by atoms with Crippen LogP contribution in [0.5, 0.6) is 0 Å². The first-order chi connectivity index (χ1) is 12.6. The summed E-state index contributed by atoms with van der Waals surface area (Å²) in [7, 11) is 0. The monoisotopic (exact) mass is 383 g/mol. The van der Waals surface area contributed by atoms with Crippen molar-refractivity contribution in [3.63, 3.8) is 0 Å². The summed E-state index contributed by atoms with van der Waals surface area (Å²) in [5.74, 6) is 0.00655. The smallest absolute Gasteiger partial charge is 0.246 e. The minimum absolute atomic E-state index is 0.0557. The molecule has 0 aliphatic carbocycles. The molecular formula is C20H18ClN3OS. The van der Waals surface area contributed by atoms with Crippen molar-refractivity contribution in [1.29, 1.82) is 0 Å². The van der Waals surface area contributed by atoms with E-state index in [0.717, 1.165) is 31.7 Å². The second kappa shape index (κ2) is 6.74. The average molecular weight is 384 g/mol. The molecule has 4 heterocycles. The number of carbonyl (C=O) groups is 1. The van der Waals surface area contributed by atoms with Crippen molar-refractivity contribution in [3.05, 3.63) is 75.3 Å². The number of pyridine rings is 1. The lowest BCUT2D eigenvalue weighted by molar-refractivity contribution is -0.127. The standard InChI is InChI=1S/C20H18ClN3OS/c1-3-19(25)24-10-16(15-9-18(21)26-17(15)11-24)14-6-8-23-20(14)13-5-4-7-22-12(13)2/h3-9,16,23H,1,10-11H2,2H3/t16-/m1/s1. The molecule has 0 radical (unpaired) electrons. The number of fused-ring (bicyclic) bond motifs is 1. The van der Waals surface area contributed by atoms with Gasteiger partial charge < -0.3 is 9.88 Å². The first-order valence-electron chi connectivity index (χ1n) is 8.37. The highest BCUT2D eigenvalue weighted by molar-refractivity contribution is 7.16. The van der Waals surface area contributed by atoms with Gasteiger partial charge in [0.1, 0.15) is 0 Å². The molecule has 1 aliphatic heterocycles. The molecule has 0 aromatic carbocycles. The van der Waals surface area contributed by atoms with Crippen molar-refractivity contribution < 1.29 is 4.79 Å². The molecule has 26 heavy (non-hydrogen) atoms. The molecule has 0 bridgehead atoms. The summed E-state index contributed by atoms with van der Waals surface area (Å²) >= 11 is 7.84. The van der Waals surface area contributed by atoms with Gasteiger partial charge >= 0.3 is 0 Å². The number of carbonyl (C=O) groups excluding carboxylic acids is 1. The number of aromatic nitrogens is 2. The van der Waals surface area contributed by atoms with Gasteiger partial charge in [0.15, 0.2) is 0 Å². The molecule has 0 saturated carbocycles. The number of rotatable bonds is 3. The van der Waals surface area contributed by atoms with Crippen LogP contribution < -0.4 is 0 Å². The molecule has 4 nitrogen and oxygen atoms in total. The number of nitrogens with one attached hydrogen (secondary N) is 1. The summed E-state index contributed by atoms with van der Waals surface area (Å²) in [5.41, 5.74) is 5.44. The second-order valence-electron chi connectivity index (χ2n) is 6.35. The van der Waals surface area contributed by atoms with Gasteiger partial charge in [-0.25, -0.2) is 0 Å². The summed E-state index contributed by atoms with van der Waals surface area (Å²) in [4.78, 5) is 23.0. The number of amides is 1. The summed E-state index contributed by atoms with van der Waals surface area (Å²) in [6, 6.07) is 8.13. The normalized spacial score (nSPS) is 16.4. The lowest BCUT2D eigenvalue weighted by Crippen LogP contribution is -2.36. The van der Waals surface area contributed by atoms with Gasteiger partial charge in [0.05, 0.1) is 16.6 Å². The summed E-state index contributed by atoms with van der Waals surface area (Å²) in [6.45, 7) is 6.82. The average Bonchev–Trinajstić information content (AvgIpc) is 3.26. The van der Waals surface area contributed by atoms with Crippen LogP contribution in [0.25, 0.3) is 11.3 Å². The highest BCUT2D eigenvalue weighted by Gasteiger charge is 2.32. The second-order valence-corrected chi connectivity index (χ2v) is 8.12. The van der Waals surface area contributed by atoms with Crippen LogP contribution in [-0.2, 0) is 11.3 Å². The van der Waals surface area contributed by atoms with Crippen LogP contribution in [0.1, 0.15) is 27.6 Å². The molecule has 0 fully saturated rings. The third-order valence-corrected chi connectivity index (χ3v) is 6.11. The fourth-order valence-electron chi connectivity index (χ4n) is 3.60. The summed E-state index contributed by atoms with van der Waals surface area (Å²) in [6.07, 6.45) is 5.11. The fraction of sp³-hybridized carbons (Fsp3) is 0.200. The summed E-state index contributed by atoms with van der Waals surface area (Å²) in [5, 5.41) is 0. The molecule has 132 valence electrons. The van der Waals surface area contributed by atoms with Gasteiger partial charge in [0.25, 0.3) is 0 Å². The number of aryl methyl sites for hydroxylation is 1. The topological polar surface area (TPSA) is 49.0 Å². The first kappa shape index (κ1) is 17.1. The Bertz CT molecular complexity index is 991. The maximum Gasteiger partial charge on any atom is 0.246 e. The third kappa shape index (κ3) is 2.87. The van der Waals surface area contributed by atoms with Crippen LogP contribution in [0.15, 0.2) is 49.3 Å². The van der Waals surface area contributed by atoms with Gasteiger partial charge in [-0.2, -0.15) is 0 Å².